The third-order valence-corrected chi connectivity index (χ3v) is 2.67. The summed E-state index contributed by atoms with van der Waals surface area (Å²) in [7, 11) is 0. The van der Waals surface area contributed by atoms with Crippen molar-refractivity contribution >= 4 is 23.4 Å². The second kappa shape index (κ2) is 5.39. The normalized spacial score (nSPS) is 11.6. The predicted molar refractivity (Wildman–Crippen MR) is 57.8 cm³/mol. The number of hydrogen-bond donors (Lipinski definition) is 1. The zero-order valence-corrected chi connectivity index (χ0v) is 9.53. The Morgan fingerprint density at radius 2 is 1.82 bits per heavy atom. The van der Waals surface area contributed by atoms with E-state index in [2.05, 4.69) is 0 Å². The van der Waals surface area contributed by atoms with Gasteiger partial charge in [-0.15, -0.1) is 11.8 Å². The lowest BCUT2D eigenvalue weighted by Crippen LogP contribution is -2.40. The minimum absolute atomic E-state index is 0.0492. The summed E-state index contributed by atoms with van der Waals surface area (Å²) in [5.41, 5.74) is 0.0492. The number of rotatable bonds is 4. The number of amides is 1. The van der Waals surface area contributed by atoms with Crippen molar-refractivity contribution in [1.29, 1.82) is 0 Å². The van der Waals surface area contributed by atoms with Crippen LogP contribution in [-0.2, 0) is 4.79 Å². The molecule has 0 bridgehead atoms. The number of thioether (sulfide) groups is 1. The van der Waals surface area contributed by atoms with Crippen molar-refractivity contribution in [3.8, 4) is 0 Å². The van der Waals surface area contributed by atoms with Gasteiger partial charge in [0.1, 0.15) is 0 Å². The van der Waals surface area contributed by atoms with Gasteiger partial charge >= 0.3 is 18.3 Å². The SMILES string of the molecule is CSc1ccc(NC(=O)C(F)(F)C(F)F)cc1. The molecule has 1 aromatic rings. The molecule has 1 N–H and O–H groups in total. The molecule has 17 heavy (non-hydrogen) atoms. The number of halogens is 4. The van der Waals surface area contributed by atoms with Crippen LogP contribution in [0.3, 0.4) is 0 Å². The molecule has 0 heterocycles. The maximum atomic E-state index is 12.6. The molecule has 0 unspecified atom stereocenters. The number of carbonyl (C=O) groups excluding carboxylic acids is 1. The van der Waals surface area contributed by atoms with Crippen LogP contribution in [0.4, 0.5) is 23.2 Å². The second-order valence-electron chi connectivity index (χ2n) is 3.11. The van der Waals surface area contributed by atoms with Crippen LogP contribution in [0.1, 0.15) is 0 Å². The molecule has 0 fully saturated rings. The largest absolute Gasteiger partial charge is 0.383 e. The van der Waals surface area contributed by atoms with E-state index >= 15 is 0 Å². The second-order valence-corrected chi connectivity index (χ2v) is 3.99. The van der Waals surface area contributed by atoms with Gasteiger partial charge in [0.15, 0.2) is 0 Å². The first kappa shape index (κ1) is 13.8. The van der Waals surface area contributed by atoms with E-state index in [0.29, 0.717) is 0 Å². The number of anilines is 1. The summed E-state index contributed by atoms with van der Waals surface area (Å²) < 4.78 is 49.0. The highest BCUT2D eigenvalue weighted by Gasteiger charge is 2.48. The van der Waals surface area contributed by atoms with Crippen LogP contribution in [0.25, 0.3) is 0 Å². The molecule has 0 aliphatic rings. The molecule has 1 amide bonds. The number of alkyl halides is 4. The van der Waals surface area contributed by atoms with Crippen molar-refractivity contribution in [3.63, 3.8) is 0 Å². The van der Waals surface area contributed by atoms with E-state index in [4.69, 9.17) is 0 Å². The fourth-order valence-electron chi connectivity index (χ4n) is 0.988. The van der Waals surface area contributed by atoms with Crippen LogP contribution >= 0.6 is 11.8 Å². The molecule has 0 spiro atoms. The minimum atomic E-state index is -4.68. The summed E-state index contributed by atoms with van der Waals surface area (Å²) in [6.45, 7) is 0. The Hall–Kier alpha value is -1.24. The van der Waals surface area contributed by atoms with Gasteiger partial charge in [-0.1, -0.05) is 0 Å². The first-order chi connectivity index (χ1) is 7.87. The van der Waals surface area contributed by atoms with Crippen LogP contribution in [0, 0.1) is 0 Å². The Kier molecular flexibility index (Phi) is 4.39. The van der Waals surface area contributed by atoms with E-state index in [1.807, 2.05) is 6.26 Å². The summed E-state index contributed by atoms with van der Waals surface area (Å²) in [6, 6.07) is 5.90. The minimum Gasteiger partial charge on any atom is -0.321 e. The Morgan fingerprint density at radius 1 is 1.29 bits per heavy atom. The van der Waals surface area contributed by atoms with Gasteiger partial charge < -0.3 is 5.32 Å². The van der Waals surface area contributed by atoms with Crippen LogP contribution in [0.5, 0.6) is 0 Å². The number of nitrogens with one attached hydrogen (secondary N) is 1. The van der Waals surface area contributed by atoms with Crippen LogP contribution in [-0.4, -0.2) is 24.5 Å². The van der Waals surface area contributed by atoms with E-state index in [0.717, 1.165) is 4.90 Å². The van der Waals surface area contributed by atoms with Crippen LogP contribution < -0.4 is 5.32 Å². The highest BCUT2D eigenvalue weighted by Crippen LogP contribution is 2.25. The zero-order chi connectivity index (χ0) is 13.1. The highest BCUT2D eigenvalue weighted by atomic mass is 32.2. The van der Waals surface area contributed by atoms with E-state index < -0.39 is 18.3 Å². The fourth-order valence-corrected chi connectivity index (χ4v) is 1.40. The fraction of sp³-hybridized carbons (Fsp3) is 0.300. The highest BCUT2D eigenvalue weighted by molar-refractivity contribution is 7.98. The monoisotopic (exact) mass is 267 g/mol. The van der Waals surface area contributed by atoms with Gasteiger partial charge in [0, 0.05) is 10.6 Å². The summed E-state index contributed by atoms with van der Waals surface area (Å²) >= 11 is 1.43. The number of carbonyl (C=O) groups is 1. The molecule has 0 aliphatic heterocycles. The maximum absolute atomic E-state index is 12.6. The van der Waals surface area contributed by atoms with Crippen molar-refractivity contribution in [2.75, 3.05) is 11.6 Å². The molecule has 0 saturated carbocycles. The van der Waals surface area contributed by atoms with Crippen LogP contribution in [0.15, 0.2) is 29.2 Å². The Bertz CT molecular complexity index is 394. The summed E-state index contributed by atoms with van der Waals surface area (Å²) in [5.74, 6) is -6.69. The van der Waals surface area contributed by atoms with Gasteiger partial charge in [-0.25, -0.2) is 8.78 Å². The van der Waals surface area contributed by atoms with Crippen molar-refractivity contribution < 1.29 is 22.4 Å². The summed E-state index contributed by atoms with van der Waals surface area (Å²) in [6.07, 6.45) is -2.20. The zero-order valence-electron chi connectivity index (χ0n) is 8.72. The molecular formula is C10H9F4NOS. The average Bonchev–Trinajstić information content (AvgIpc) is 2.29. The lowest BCUT2D eigenvalue weighted by molar-refractivity contribution is -0.163. The Morgan fingerprint density at radius 3 is 2.24 bits per heavy atom. The van der Waals surface area contributed by atoms with Crippen molar-refractivity contribution in [1.82, 2.24) is 0 Å². The number of benzene rings is 1. The third kappa shape index (κ3) is 3.36. The molecular weight excluding hydrogens is 258 g/mol. The van der Waals surface area contributed by atoms with Gasteiger partial charge in [-0.2, -0.15) is 8.78 Å². The van der Waals surface area contributed by atoms with Crippen molar-refractivity contribution in [2.24, 2.45) is 0 Å². The molecule has 0 aliphatic carbocycles. The molecule has 2 nitrogen and oxygen atoms in total. The molecule has 94 valence electrons. The van der Waals surface area contributed by atoms with Gasteiger partial charge in [-0.3, -0.25) is 4.79 Å². The maximum Gasteiger partial charge on any atom is 0.383 e. The molecule has 0 aromatic heterocycles. The summed E-state index contributed by atoms with van der Waals surface area (Å²) in [4.78, 5) is 11.7. The lowest BCUT2D eigenvalue weighted by Gasteiger charge is -2.14. The Balaban J connectivity index is 2.74. The quantitative estimate of drug-likeness (QED) is 0.670. The standard InChI is InChI=1S/C10H9F4NOS/c1-17-7-4-2-6(3-5-7)15-9(16)10(13,14)8(11)12/h2-5,8H,1H3,(H,15,16). The van der Waals surface area contributed by atoms with Gasteiger partial charge in [0.2, 0.25) is 0 Å². The average molecular weight is 267 g/mol. The smallest absolute Gasteiger partial charge is 0.321 e. The topological polar surface area (TPSA) is 29.1 Å². The molecule has 0 atom stereocenters. The van der Waals surface area contributed by atoms with E-state index in [-0.39, 0.29) is 5.69 Å². The van der Waals surface area contributed by atoms with Crippen molar-refractivity contribution in [2.45, 2.75) is 17.2 Å². The molecule has 0 saturated heterocycles. The first-order valence-corrected chi connectivity index (χ1v) is 5.72. The third-order valence-electron chi connectivity index (χ3n) is 1.92. The van der Waals surface area contributed by atoms with Crippen molar-refractivity contribution in [3.05, 3.63) is 24.3 Å². The first-order valence-electron chi connectivity index (χ1n) is 4.49. The van der Waals surface area contributed by atoms with Gasteiger partial charge in [-0.05, 0) is 30.5 Å². The molecule has 1 aromatic carbocycles. The lowest BCUT2D eigenvalue weighted by atomic mass is 10.3. The number of hydrogen-bond acceptors (Lipinski definition) is 2. The van der Waals surface area contributed by atoms with E-state index in [1.54, 1.807) is 17.4 Å². The van der Waals surface area contributed by atoms with E-state index in [9.17, 15) is 22.4 Å². The predicted octanol–water partition coefficient (Wildman–Crippen LogP) is 3.25. The van der Waals surface area contributed by atoms with Gasteiger partial charge in [0.05, 0.1) is 0 Å². The van der Waals surface area contributed by atoms with E-state index in [1.165, 1.54) is 23.9 Å². The molecule has 1 rings (SSSR count). The van der Waals surface area contributed by atoms with Crippen LogP contribution in [0.2, 0.25) is 0 Å². The molecule has 7 heteroatoms. The van der Waals surface area contributed by atoms with Gasteiger partial charge in [0.25, 0.3) is 0 Å². The summed E-state index contributed by atoms with van der Waals surface area (Å²) in [5, 5.41) is 1.74. The Labute approximate surface area is 99.4 Å². The molecule has 0 radical (unpaired) electrons.